The van der Waals surface area contributed by atoms with Gasteiger partial charge in [0.25, 0.3) is 0 Å². The molecule has 36 heavy (non-hydrogen) atoms. The molecule has 7 atom stereocenters. The predicted octanol–water partition coefficient (Wildman–Crippen LogP) is 12.1. The molecule has 0 aromatic carbocycles. The standard InChI is InChI=1S/C24H38O.C3H8.4C2H6/c1-4-5-6-7-17-9-11-21-20-10-8-18-16-19(25)12-14-24(18,3)22(20)13-15-23(17,21)2;1-3-2;4*1-2/h5-6,17-18,20-22H,4,7-16H2,1-3H3;3H2,1-2H3;4*1-2H3/b6-5+;;;;;. The molecule has 0 radical (unpaired) electrons. The maximum atomic E-state index is 12.0. The SMILES string of the molecule is CC.CC.CC.CC.CC/C=C/CC1CCC2C3CCC4CC(=O)CCC4(C)C3CCC12C.CCC. The summed E-state index contributed by atoms with van der Waals surface area (Å²) in [5.74, 6) is 4.98. The summed E-state index contributed by atoms with van der Waals surface area (Å²) in [6, 6.07) is 0. The molecule has 4 aliphatic carbocycles. The van der Waals surface area contributed by atoms with E-state index in [-0.39, 0.29) is 0 Å². The van der Waals surface area contributed by atoms with Gasteiger partial charge < -0.3 is 0 Å². The Bertz CT molecular complexity index is 563. The molecule has 4 aliphatic rings. The Morgan fingerprint density at radius 3 is 1.83 bits per heavy atom. The molecule has 0 aliphatic heterocycles. The minimum absolute atomic E-state index is 0.471. The third-order valence-electron chi connectivity index (χ3n) is 9.50. The van der Waals surface area contributed by atoms with Gasteiger partial charge in [-0.05, 0) is 98.2 Å². The van der Waals surface area contributed by atoms with Crippen molar-refractivity contribution < 1.29 is 4.79 Å². The van der Waals surface area contributed by atoms with Crippen LogP contribution in [0.1, 0.15) is 167 Å². The van der Waals surface area contributed by atoms with Gasteiger partial charge in [0, 0.05) is 12.8 Å². The van der Waals surface area contributed by atoms with Gasteiger partial charge in [0.1, 0.15) is 5.78 Å². The van der Waals surface area contributed by atoms with E-state index in [0.717, 1.165) is 36.5 Å². The molecule has 0 aromatic heterocycles. The molecular weight excluding hydrogens is 436 g/mol. The molecule has 1 nitrogen and oxygen atoms in total. The number of allylic oxidation sites excluding steroid dienone is 2. The van der Waals surface area contributed by atoms with Gasteiger partial charge in [-0.3, -0.25) is 4.79 Å². The van der Waals surface area contributed by atoms with Gasteiger partial charge in [-0.15, -0.1) is 0 Å². The Morgan fingerprint density at radius 1 is 0.722 bits per heavy atom. The van der Waals surface area contributed by atoms with Crippen LogP contribution in [0.15, 0.2) is 12.2 Å². The van der Waals surface area contributed by atoms with E-state index in [9.17, 15) is 4.79 Å². The van der Waals surface area contributed by atoms with Gasteiger partial charge >= 0.3 is 0 Å². The van der Waals surface area contributed by atoms with Crippen molar-refractivity contribution in [2.45, 2.75) is 167 Å². The molecule has 0 aromatic rings. The highest BCUT2D eigenvalue weighted by Gasteiger charge is 2.59. The summed E-state index contributed by atoms with van der Waals surface area (Å²) in [6.45, 7) is 27.7. The minimum Gasteiger partial charge on any atom is -0.300 e. The van der Waals surface area contributed by atoms with Crippen LogP contribution in [0.4, 0.5) is 0 Å². The first kappa shape index (κ1) is 37.6. The Balaban J connectivity index is 0. The van der Waals surface area contributed by atoms with Gasteiger partial charge in [-0.2, -0.15) is 0 Å². The van der Waals surface area contributed by atoms with E-state index in [0.29, 0.717) is 22.5 Å². The minimum atomic E-state index is 0.471. The highest BCUT2D eigenvalue weighted by molar-refractivity contribution is 5.79. The molecule has 4 fully saturated rings. The fraction of sp³-hybridized carbons (Fsp3) is 0.914. The van der Waals surface area contributed by atoms with E-state index in [1.165, 1.54) is 64.2 Å². The highest BCUT2D eigenvalue weighted by Crippen LogP contribution is 2.67. The Morgan fingerprint density at radius 2 is 1.28 bits per heavy atom. The second-order valence-corrected chi connectivity index (χ2v) is 11.0. The molecule has 0 spiro atoms. The molecule has 0 bridgehead atoms. The Labute approximate surface area is 230 Å². The van der Waals surface area contributed by atoms with Gasteiger partial charge in [0.05, 0.1) is 0 Å². The number of carbonyl (C=O) groups is 1. The number of hydrogen-bond donors (Lipinski definition) is 0. The summed E-state index contributed by atoms with van der Waals surface area (Å²) in [4.78, 5) is 12.0. The largest absolute Gasteiger partial charge is 0.300 e. The summed E-state index contributed by atoms with van der Waals surface area (Å²) in [5.41, 5.74) is 1.06. The summed E-state index contributed by atoms with van der Waals surface area (Å²) in [7, 11) is 0. The van der Waals surface area contributed by atoms with Crippen molar-refractivity contribution >= 4 is 5.78 Å². The summed E-state index contributed by atoms with van der Waals surface area (Å²) in [6.07, 6.45) is 20.1. The van der Waals surface area contributed by atoms with Crippen LogP contribution in [-0.4, -0.2) is 5.78 Å². The quantitative estimate of drug-likeness (QED) is 0.348. The smallest absolute Gasteiger partial charge is 0.133 e. The van der Waals surface area contributed by atoms with E-state index in [1.54, 1.807) is 0 Å². The third-order valence-corrected chi connectivity index (χ3v) is 9.50. The van der Waals surface area contributed by atoms with Crippen molar-refractivity contribution in [2.75, 3.05) is 0 Å². The van der Waals surface area contributed by atoms with E-state index in [2.05, 4.69) is 46.8 Å². The number of hydrogen-bond acceptors (Lipinski definition) is 1. The molecule has 1 heteroatoms. The van der Waals surface area contributed by atoms with Crippen LogP contribution in [0.25, 0.3) is 0 Å². The number of carbonyl (C=O) groups excluding carboxylic acids is 1. The number of rotatable bonds is 3. The Kier molecular flexibility index (Phi) is 21.3. The molecule has 0 heterocycles. The second kappa shape index (κ2) is 20.4. The van der Waals surface area contributed by atoms with Crippen molar-refractivity contribution in [3.05, 3.63) is 12.2 Å². The molecule has 0 saturated heterocycles. The van der Waals surface area contributed by atoms with Crippen LogP contribution in [0.2, 0.25) is 0 Å². The Hall–Kier alpha value is -0.590. The van der Waals surface area contributed by atoms with Crippen LogP contribution < -0.4 is 0 Å². The molecule has 0 amide bonds. The zero-order valence-electron chi connectivity index (χ0n) is 27.4. The van der Waals surface area contributed by atoms with Gasteiger partial charge in [0.15, 0.2) is 0 Å². The summed E-state index contributed by atoms with van der Waals surface area (Å²) < 4.78 is 0. The zero-order chi connectivity index (χ0) is 28.4. The first-order valence-electron chi connectivity index (χ1n) is 16.6. The van der Waals surface area contributed by atoms with Crippen LogP contribution in [-0.2, 0) is 4.79 Å². The van der Waals surface area contributed by atoms with Crippen molar-refractivity contribution in [3.63, 3.8) is 0 Å². The average molecular weight is 507 g/mol. The normalized spacial score (nSPS) is 35.7. The number of Topliss-reactive ketones (excluding diaryl/α,β-unsaturated/α-hetero) is 1. The van der Waals surface area contributed by atoms with Crippen LogP contribution >= 0.6 is 0 Å². The third kappa shape index (κ3) is 9.01. The lowest BCUT2D eigenvalue weighted by Crippen LogP contribution is -2.53. The summed E-state index contributed by atoms with van der Waals surface area (Å²) in [5, 5.41) is 0. The van der Waals surface area contributed by atoms with Gasteiger partial charge in [-0.25, -0.2) is 0 Å². The molecule has 0 N–H and O–H groups in total. The fourth-order valence-electron chi connectivity index (χ4n) is 7.97. The van der Waals surface area contributed by atoms with Crippen molar-refractivity contribution in [3.8, 4) is 0 Å². The molecule has 7 unspecified atom stereocenters. The van der Waals surface area contributed by atoms with Gasteiger partial charge in [-0.1, -0.05) is 109 Å². The lowest BCUT2D eigenvalue weighted by Gasteiger charge is -2.60. The molecule has 216 valence electrons. The summed E-state index contributed by atoms with van der Waals surface area (Å²) >= 11 is 0. The van der Waals surface area contributed by atoms with Crippen LogP contribution in [0, 0.1) is 40.4 Å². The average Bonchev–Trinajstić information content (AvgIpc) is 3.26. The van der Waals surface area contributed by atoms with Gasteiger partial charge in [0.2, 0.25) is 0 Å². The van der Waals surface area contributed by atoms with E-state index < -0.39 is 0 Å². The molecular formula is C35H70O. The molecule has 4 saturated carbocycles. The van der Waals surface area contributed by atoms with Crippen molar-refractivity contribution in [2.24, 2.45) is 40.4 Å². The number of ketones is 1. The van der Waals surface area contributed by atoms with E-state index in [1.807, 2.05) is 55.4 Å². The monoisotopic (exact) mass is 507 g/mol. The first-order valence-corrected chi connectivity index (χ1v) is 16.6. The molecule has 4 rings (SSSR count). The maximum Gasteiger partial charge on any atom is 0.133 e. The lowest BCUT2D eigenvalue weighted by molar-refractivity contribution is -0.139. The first-order chi connectivity index (χ1) is 17.4. The van der Waals surface area contributed by atoms with Crippen molar-refractivity contribution in [1.82, 2.24) is 0 Å². The number of fused-ring (bicyclic) bond motifs is 5. The van der Waals surface area contributed by atoms with E-state index >= 15 is 0 Å². The van der Waals surface area contributed by atoms with Crippen LogP contribution in [0.3, 0.4) is 0 Å². The topological polar surface area (TPSA) is 17.1 Å². The maximum absolute atomic E-state index is 12.0. The lowest BCUT2D eigenvalue weighted by atomic mass is 9.44. The predicted molar refractivity (Wildman–Crippen MR) is 166 cm³/mol. The van der Waals surface area contributed by atoms with Crippen LogP contribution in [0.5, 0.6) is 0 Å². The highest BCUT2D eigenvalue weighted by atomic mass is 16.1. The van der Waals surface area contributed by atoms with Crippen molar-refractivity contribution in [1.29, 1.82) is 0 Å². The second-order valence-electron chi connectivity index (χ2n) is 11.0. The van der Waals surface area contributed by atoms with E-state index in [4.69, 9.17) is 0 Å². The zero-order valence-corrected chi connectivity index (χ0v) is 27.4. The fourth-order valence-corrected chi connectivity index (χ4v) is 7.97.